The molecule has 1 aliphatic rings. The van der Waals surface area contributed by atoms with E-state index in [2.05, 4.69) is 10.2 Å². The first kappa shape index (κ1) is 12.9. The van der Waals surface area contributed by atoms with E-state index in [1.807, 2.05) is 6.92 Å². The van der Waals surface area contributed by atoms with Crippen LogP contribution in [-0.2, 0) is 4.74 Å². The lowest BCUT2D eigenvalue weighted by molar-refractivity contribution is 0.121. The summed E-state index contributed by atoms with van der Waals surface area (Å²) in [6.07, 6.45) is 2.35. The number of piperidine rings is 1. The predicted molar refractivity (Wildman–Crippen MR) is 61.0 cm³/mol. The van der Waals surface area contributed by atoms with Gasteiger partial charge < -0.3 is 20.1 Å². The van der Waals surface area contributed by atoms with Gasteiger partial charge in [0, 0.05) is 25.7 Å². The third kappa shape index (κ3) is 4.93. The quantitative estimate of drug-likeness (QED) is 0.659. The molecule has 1 rings (SSSR count). The highest BCUT2D eigenvalue weighted by Gasteiger charge is 2.19. The number of likely N-dealkylation sites (tertiary alicyclic amines) is 1. The van der Waals surface area contributed by atoms with Gasteiger partial charge in [0.05, 0.1) is 13.2 Å². The van der Waals surface area contributed by atoms with Crippen molar-refractivity contribution >= 4 is 0 Å². The van der Waals surface area contributed by atoms with Crippen LogP contribution in [0.15, 0.2) is 0 Å². The van der Waals surface area contributed by atoms with Gasteiger partial charge in [-0.25, -0.2) is 0 Å². The Labute approximate surface area is 92.6 Å². The van der Waals surface area contributed by atoms with E-state index in [9.17, 15) is 0 Å². The molecule has 1 aliphatic heterocycles. The molecule has 4 heteroatoms. The van der Waals surface area contributed by atoms with Crippen LogP contribution in [-0.4, -0.2) is 62.0 Å². The second kappa shape index (κ2) is 7.17. The molecule has 4 nitrogen and oxygen atoms in total. The summed E-state index contributed by atoms with van der Waals surface area (Å²) in [4.78, 5) is 2.44. The second-order valence-electron chi connectivity index (χ2n) is 4.36. The van der Waals surface area contributed by atoms with Crippen molar-refractivity contribution < 1.29 is 9.84 Å². The SMILES string of the molecule is COCCN1CCC(N[C@H](C)CO)CC1. The number of methoxy groups -OCH3 is 1. The van der Waals surface area contributed by atoms with Crippen LogP contribution in [0.25, 0.3) is 0 Å². The van der Waals surface area contributed by atoms with Gasteiger partial charge in [-0.3, -0.25) is 0 Å². The van der Waals surface area contributed by atoms with Crippen molar-refractivity contribution in [3.63, 3.8) is 0 Å². The van der Waals surface area contributed by atoms with Crippen molar-refractivity contribution in [3.8, 4) is 0 Å². The number of aliphatic hydroxyl groups is 1. The molecule has 1 fully saturated rings. The lowest BCUT2D eigenvalue weighted by atomic mass is 10.0. The molecule has 0 aromatic heterocycles. The van der Waals surface area contributed by atoms with E-state index in [0.717, 1.165) is 26.2 Å². The molecule has 0 bridgehead atoms. The summed E-state index contributed by atoms with van der Waals surface area (Å²) in [6, 6.07) is 0.798. The fourth-order valence-electron chi connectivity index (χ4n) is 2.00. The van der Waals surface area contributed by atoms with Crippen LogP contribution < -0.4 is 5.32 Å². The van der Waals surface area contributed by atoms with Gasteiger partial charge >= 0.3 is 0 Å². The van der Waals surface area contributed by atoms with Crippen molar-refractivity contribution in [2.24, 2.45) is 0 Å². The molecular weight excluding hydrogens is 192 g/mol. The number of rotatable bonds is 6. The van der Waals surface area contributed by atoms with E-state index in [1.54, 1.807) is 7.11 Å². The highest BCUT2D eigenvalue weighted by Crippen LogP contribution is 2.10. The Bertz CT molecular complexity index is 159. The first-order valence-corrected chi connectivity index (χ1v) is 5.84. The van der Waals surface area contributed by atoms with E-state index >= 15 is 0 Å². The van der Waals surface area contributed by atoms with Crippen molar-refractivity contribution in [2.45, 2.75) is 31.8 Å². The number of ether oxygens (including phenoxy) is 1. The summed E-state index contributed by atoms with van der Waals surface area (Å²) in [5, 5.41) is 12.4. The Morgan fingerprint density at radius 3 is 2.67 bits per heavy atom. The zero-order chi connectivity index (χ0) is 11.1. The van der Waals surface area contributed by atoms with Gasteiger partial charge in [0.25, 0.3) is 0 Å². The van der Waals surface area contributed by atoms with Crippen LogP contribution in [0.5, 0.6) is 0 Å². The van der Waals surface area contributed by atoms with E-state index in [0.29, 0.717) is 6.04 Å². The van der Waals surface area contributed by atoms with Crippen LogP contribution in [0.2, 0.25) is 0 Å². The predicted octanol–water partition coefficient (Wildman–Crippen LogP) is 0.0676. The molecule has 0 unspecified atom stereocenters. The van der Waals surface area contributed by atoms with Crippen LogP contribution in [0.1, 0.15) is 19.8 Å². The maximum Gasteiger partial charge on any atom is 0.0589 e. The Hall–Kier alpha value is -0.160. The summed E-state index contributed by atoms with van der Waals surface area (Å²) in [5.74, 6) is 0. The fraction of sp³-hybridized carbons (Fsp3) is 1.00. The van der Waals surface area contributed by atoms with E-state index < -0.39 is 0 Å². The zero-order valence-corrected chi connectivity index (χ0v) is 9.91. The van der Waals surface area contributed by atoms with Crippen molar-refractivity contribution in [1.82, 2.24) is 10.2 Å². The van der Waals surface area contributed by atoms with E-state index in [-0.39, 0.29) is 12.6 Å². The molecule has 0 aromatic rings. The van der Waals surface area contributed by atoms with Gasteiger partial charge in [-0.2, -0.15) is 0 Å². The number of hydrogen-bond acceptors (Lipinski definition) is 4. The van der Waals surface area contributed by atoms with Gasteiger partial charge in [-0.1, -0.05) is 0 Å². The summed E-state index contributed by atoms with van der Waals surface area (Å²) in [7, 11) is 1.75. The molecule has 0 amide bonds. The maximum atomic E-state index is 8.94. The van der Waals surface area contributed by atoms with E-state index in [4.69, 9.17) is 9.84 Å². The monoisotopic (exact) mass is 216 g/mol. The first-order chi connectivity index (χ1) is 7.26. The highest BCUT2D eigenvalue weighted by molar-refractivity contribution is 4.78. The normalized spacial score (nSPS) is 21.8. The molecule has 0 aromatic carbocycles. The third-order valence-corrected chi connectivity index (χ3v) is 2.99. The van der Waals surface area contributed by atoms with Crippen molar-refractivity contribution in [1.29, 1.82) is 0 Å². The first-order valence-electron chi connectivity index (χ1n) is 5.84. The Balaban J connectivity index is 2.12. The Morgan fingerprint density at radius 2 is 2.13 bits per heavy atom. The molecule has 90 valence electrons. The molecule has 0 radical (unpaired) electrons. The lowest BCUT2D eigenvalue weighted by Crippen LogP contribution is -2.46. The topological polar surface area (TPSA) is 44.7 Å². The molecule has 0 saturated carbocycles. The molecule has 1 atom stereocenters. The molecule has 15 heavy (non-hydrogen) atoms. The van der Waals surface area contributed by atoms with Gasteiger partial charge in [0.15, 0.2) is 0 Å². The third-order valence-electron chi connectivity index (χ3n) is 2.99. The number of hydrogen-bond donors (Lipinski definition) is 2. The molecule has 2 N–H and O–H groups in total. The number of nitrogens with zero attached hydrogens (tertiary/aromatic N) is 1. The molecule has 1 heterocycles. The minimum absolute atomic E-state index is 0.223. The average Bonchev–Trinajstić information content (AvgIpc) is 2.28. The average molecular weight is 216 g/mol. The second-order valence-corrected chi connectivity index (χ2v) is 4.36. The molecule has 1 saturated heterocycles. The Morgan fingerprint density at radius 1 is 1.47 bits per heavy atom. The summed E-state index contributed by atoms with van der Waals surface area (Å²) in [5.41, 5.74) is 0. The van der Waals surface area contributed by atoms with Crippen LogP contribution in [0.4, 0.5) is 0 Å². The summed E-state index contributed by atoms with van der Waals surface area (Å²) < 4.78 is 5.06. The van der Waals surface area contributed by atoms with Gasteiger partial charge in [-0.15, -0.1) is 0 Å². The summed E-state index contributed by atoms with van der Waals surface area (Å²) in [6.45, 7) is 6.39. The van der Waals surface area contributed by atoms with Gasteiger partial charge in [0.2, 0.25) is 0 Å². The van der Waals surface area contributed by atoms with Crippen molar-refractivity contribution in [2.75, 3.05) is 40.0 Å². The maximum absolute atomic E-state index is 8.94. The van der Waals surface area contributed by atoms with Crippen LogP contribution in [0, 0.1) is 0 Å². The Kier molecular flexibility index (Phi) is 6.17. The minimum Gasteiger partial charge on any atom is -0.395 e. The molecule has 0 aliphatic carbocycles. The fourth-order valence-corrected chi connectivity index (χ4v) is 2.00. The largest absolute Gasteiger partial charge is 0.395 e. The number of nitrogens with one attached hydrogen (secondary N) is 1. The molecular formula is C11H24N2O2. The highest BCUT2D eigenvalue weighted by atomic mass is 16.5. The zero-order valence-electron chi connectivity index (χ0n) is 9.91. The van der Waals surface area contributed by atoms with Gasteiger partial charge in [-0.05, 0) is 32.9 Å². The standard InChI is InChI=1S/C11H24N2O2/c1-10(9-14)12-11-3-5-13(6-4-11)7-8-15-2/h10-12,14H,3-9H2,1-2H3/t10-/m1/s1. The van der Waals surface area contributed by atoms with Crippen molar-refractivity contribution in [3.05, 3.63) is 0 Å². The van der Waals surface area contributed by atoms with Crippen LogP contribution >= 0.6 is 0 Å². The summed E-state index contributed by atoms with van der Waals surface area (Å²) >= 11 is 0. The van der Waals surface area contributed by atoms with E-state index in [1.165, 1.54) is 12.8 Å². The molecule has 0 spiro atoms. The minimum atomic E-state index is 0.223. The van der Waals surface area contributed by atoms with Gasteiger partial charge in [0.1, 0.15) is 0 Å². The van der Waals surface area contributed by atoms with Crippen LogP contribution in [0.3, 0.4) is 0 Å². The smallest absolute Gasteiger partial charge is 0.0589 e. The lowest BCUT2D eigenvalue weighted by Gasteiger charge is -2.33. The number of aliphatic hydroxyl groups excluding tert-OH is 1.